The molecule has 0 saturated heterocycles. The van der Waals surface area contributed by atoms with Crippen LogP contribution in [0.4, 0.5) is 8.78 Å². The molecule has 166 valence electrons. The Morgan fingerprint density at radius 1 is 1.16 bits per heavy atom. The van der Waals surface area contributed by atoms with Crippen LogP contribution in [-0.2, 0) is 13.6 Å². The Morgan fingerprint density at radius 3 is 2.59 bits per heavy atom. The largest absolute Gasteiger partial charge is 0.437 e. The molecule has 5 rings (SSSR count). The molecule has 1 aliphatic carbocycles. The molecule has 3 heterocycles. The predicted octanol–water partition coefficient (Wildman–Crippen LogP) is 2.05. The zero-order valence-corrected chi connectivity index (χ0v) is 16.9. The van der Waals surface area contributed by atoms with Crippen molar-refractivity contribution in [3.63, 3.8) is 0 Å². The molecule has 1 saturated carbocycles. The van der Waals surface area contributed by atoms with E-state index < -0.39 is 12.4 Å². The maximum absolute atomic E-state index is 12.6. The van der Waals surface area contributed by atoms with E-state index in [1.807, 2.05) is 0 Å². The third-order valence-corrected chi connectivity index (χ3v) is 5.65. The summed E-state index contributed by atoms with van der Waals surface area (Å²) >= 11 is 0. The molecule has 0 unspecified atom stereocenters. The fraction of sp³-hybridized carbons (Fsp3) is 0.350. The summed E-state index contributed by atoms with van der Waals surface area (Å²) in [5.41, 5.74) is 1.35. The summed E-state index contributed by atoms with van der Waals surface area (Å²) in [6.07, 6.45) is 4.16. The molecule has 0 N–H and O–H groups in total. The van der Waals surface area contributed by atoms with Crippen molar-refractivity contribution in [2.75, 3.05) is 0 Å². The lowest BCUT2D eigenvalue weighted by atomic mass is 9.76. The molecular weight excluding hydrogens is 426 g/mol. The van der Waals surface area contributed by atoms with Gasteiger partial charge in [0.15, 0.2) is 11.2 Å². The normalized spacial score (nSPS) is 18.2. The molecule has 10 nitrogen and oxygen atoms in total. The van der Waals surface area contributed by atoms with E-state index in [-0.39, 0.29) is 35.7 Å². The number of halogens is 2. The van der Waals surface area contributed by atoms with Gasteiger partial charge in [0.05, 0.1) is 12.4 Å². The molecule has 12 heteroatoms. The lowest BCUT2D eigenvalue weighted by molar-refractivity contribution is -0.0498. The Labute approximate surface area is 178 Å². The van der Waals surface area contributed by atoms with Crippen LogP contribution >= 0.6 is 0 Å². The van der Waals surface area contributed by atoms with Crippen molar-refractivity contribution in [2.45, 2.75) is 38.0 Å². The molecule has 3 aromatic heterocycles. The van der Waals surface area contributed by atoms with Gasteiger partial charge in [-0.25, -0.2) is 14.8 Å². The average Bonchev–Trinajstić information content (AvgIpc) is 3.27. The Balaban J connectivity index is 1.28. The number of fused-ring (bicyclic) bond motifs is 1. The first-order valence-corrected chi connectivity index (χ1v) is 9.89. The highest BCUT2D eigenvalue weighted by Crippen LogP contribution is 2.44. The number of benzene rings is 1. The number of aromatic nitrogens is 6. The minimum Gasteiger partial charge on any atom is -0.435 e. The summed E-state index contributed by atoms with van der Waals surface area (Å²) in [5.74, 6) is -0.207. The third-order valence-electron chi connectivity index (χ3n) is 5.65. The van der Waals surface area contributed by atoms with Crippen molar-refractivity contribution in [3.05, 3.63) is 69.3 Å². The lowest BCUT2D eigenvalue weighted by Crippen LogP contribution is -2.31. The summed E-state index contributed by atoms with van der Waals surface area (Å²) in [6, 6.07) is 6.34. The van der Waals surface area contributed by atoms with Gasteiger partial charge < -0.3 is 13.7 Å². The number of aryl methyl sites for hydroxylation is 1. The molecule has 0 radical (unpaired) electrons. The summed E-state index contributed by atoms with van der Waals surface area (Å²) in [6.45, 7) is -2.89. The molecule has 0 spiro atoms. The smallest absolute Gasteiger partial charge is 0.435 e. The zero-order valence-electron chi connectivity index (χ0n) is 16.9. The molecule has 32 heavy (non-hydrogen) atoms. The molecule has 4 aromatic rings. The van der Waals surface area contributed by atoms with E-state index >= 15 is 0 Å². The standard InChI is InChI=1S/C20H18F2N6O4/c1-26-9-23-17-16(26)18(29)27(10-24-17)8-15-25-28(20(30)32-15)13-6-12(7-13)11-2-4-14(5-3-11)31-19(21)22/h2-5,9-10,12-13,19H,6-8H2,1H3. The summed E-state index contributed by atoms with van der Waals surface area (Å²) < 4.78 is 38.3. The van der Waals surface area contributed by atoms with E-state index in [4.69, 9.17) is 4.42 Å². The van der Waals surface area contributed by atoms with Gasteiger partial charge in [-0.2, -0.15) is 13.5 Å². The van der Waals surface area contributed by atoms with Gasteiger partial charge in [0.25, 0.3) is 5.56 Å². The average molecular weight is 444 g/mol. The minimum atomic E-state index is -2.86. The van der Waals surface area contributed by atoms with Crippen LogP contribution in [0, 0.1) is 0 Å². The fourth-order valence-electron chi connectivity index (χ4n) is 3.93. The second kappa shape index (κ2) is 7.70. The summed E-state index contributed by atoms with van der Waals surface area (Å²) in [4.78, 5) is 33.1. The molecule has 0 amide bonds. The first-order chi connectivity index (χ1) is 15.4. The number of rotatable bonds is 6. The number of hydrogen-bond donors (Lipinski definition) is 0. The van der Waals surface area contributed by atoms with Crippen LogP contribution in [0.25, 0.3) is 11.2 Å². The van der Waals surface area contributed by atoms with Crippen molar-refractivity contribution in [1.29, 1.82) is 0 Å². The van der Waals surface area contributed by atoms with Crippen molar-refractivity contribution in [1.82, 2.24) is 28.9 Å². The van der Waals surface area contributed by atoms with Crippen LogP contribution < -0.4 is 16.1 Å². The Morgan fingerprint density at radius 2 is 1.88 bits per heavy atom. The van der Waals surface area contributed by atoms with Crippen LogP contribution in [0.2, 0.25) is 0 Å². The van der Waals surface area contributed by atoms with Crippen LogP contribution in [0.1, 0.15) is 36.3 Å². The van der Waals surface area contributed by atoms with Gasteiger partial charge in [-0.15, -0.1) is 5.10 Å². The molecule has 1 fully saturated rings. The fourth-order valence-corrected chi connectivity index (χ4v) is 3.93. The van der Waals surface area contributed by atoms with E-state index in [0.717, 1.165) is 5.56 Å². The SMILES string of the molecule is Cn1cnc2ncn(Cc3nn(C4CC(c5ccc(OC(F)F)cc5)C4)c(=O)o3)c(=O)c21. The topological polar surface area (TPSA) is 110 Å². The molecular formula is C20H18F2N6O4. The summed E-state index contributed by atoms with van der Waals surface area (Å²) in [7, 11) is 1.70. The van der Waals surface area contributed by atoms with E-state index in [0.29, 0.717) is 24.0 Å². The second-order valence-electron chi connectivity index (χ2n) is 7.68. The monoisotopic (exact) mass is 444 g/mol. The molecule has 1 aromatic carbocycles. The number of imidazole rings is 1. The molecule has 0 bridgehead atoms. The van der Waals surface area contributed by atoms with Gasteiger partial charge >= 0.3 is 12.4 Å². The highest BCUT2D eigenvalue weighted by molar-refractivity contribution is 5.68. The van der Waals surface area contributed by atoms with E-state index in [1.165, 1.54) is 34.0 Å². The van der Waals surface area contributed by atoms with Gasteiger partial charge in [-0.05, 0) is 36.5 Å². The van der Waals surface area contributed by atoms with Crippen LogP contribution in [0.3, 0.4) is 0 Å². The maximum atomic E-state index is 12.6. The first-order valence-electron chi connectivity index (χ1n) is 9.89. The van der Waals surface area contributed by atoms with Crippen LogP contribution in [-0.4, -0.2) is 35.5 Å². The van der Waals surface area contributed by atoms with Crippen molar-refractivity contribution >= 4 is 11.2 Å². The van der Waals surface area contributed by atoms with Gasteiger partial charge in [-0.1, -0.05) is 12.1 Å². The van der Waals surface area contributed by atoms with Gasteiger partial charge in [-0.3, -0.25) is 9.36 Å². The zero-order chi connectivity index (χ0) is 22.4. The number of nitrogens with zero attached hydrogens (tertiary/aromatic N) is 6. The van der Waals surface area contributed by atoms with Gasteiger partial charge in [0.1, 0.15) is 18.6 Å². The number of ether oxygens (including phenoxy) is 1. The van der Waals surface area contributed by atoms with Crippen molar-refractivity contribution in [3.8, 4) is 5.75 Å². The molecule has 0 aliphatic heterocycles. The van der Waals surface area contributed by atoms with Crippen LogP contribution in [0.15, 0.2) is 50.9 Å². The Hall–Kier alpha value is -3.83. The van der Waals surface area contributed by atoms with Gasteiger partial charge in [0, 0.05) is 7.05 Å². The van der Waals surface area contributed by atoms with E-state index in [1.54, 1.807) is 23.7 Å². The maximum Gasteiger partial charge on any atom is 0.437 e. The number of alkyl halides is 2. The highest BCUT2D eigenvalue weighted by atomic mass is 19.3. The van der Waals surface area contributed by atoms with Crippen molar-refractivity contribution in [2.24, 2.45) is 7.05 Å². The predicted molar refractivity (Wildman–Crippen MR) is 107 cm³/mol. The highest BCUT2D eigenvalue weighted by Gasteiger charge is 2.34. The van der Waals surface area contributed by atoms with E-state index in [9.17, 15) is 18.4 Å². The minimum absolute atomic E-state index is 0.0308. The Bertz CT molecular complexity index is 1380. The van der Waals surface area contributed by atoms with Crippen molar-refractivity contribution < 1.29 is 17.9 Å². The van der Waals surface area contributed by atoms with Gasteiger partial charge in [0.2, 0.25) is 5.89 Å². The second-order valence-corrected chi connectivity index (χ2v) is 7.68. The first kappa shape index (κ1) is 20.1. The third kappa shape index (κ3) is 3.57. The molecule has 0 atom stereocenters. The Kier molecular flexibility index (Phi) is 4.83. The lowest BCUT2D eigenvalue weighted by Gasteiger charge is -2.34. The number of hydrogen-bond acceptors (Lipinski definition) is 7. The van der Waals surface area contributed by atoms with Crippen LogP contribution in [0.5, 0.6) is 5.75 Å². The molecule has 1 aliphatic rings. The summed E-state index contributed by atoms with van der Waals surface area (Å²) in [5, 5.41) is 4.26. The van der Waals surface area contributed by atoms with E-state index in [2.05, 4.69) is 19.8 Å². The quantitative estimate of drug-likeness (QED) is 0.448.